The molecule has 0 saturated heterocycles. The first-order chi connectivity index (χ1) is 6.31. The van der Waals surface area contributed by atoms with Gasteiger partial charge in [-0.2, -0.15) is 0 Å². The molecule has 0 spiro atoms. The van der Waals surface area contributed by atoms with Crippen LogP contribution >= 0.6 is 15.9 Å². The van der Waals surface area contributed by atoms with Crippen LogP contribution in [0.15, 0.2) is 35.1 Å². The third-order valence-corrected chi connectivity index (χ3v) is 2.82. The Morgan fingerprint density at radius 2 is 2.15 bits per heavy atom. The molecule has 13 heavy (non-hydrogen) atoms. The lowest BCUT2D eigenvalue weighted by Gasteiger charge is -2.01. The van der Waals surface area contributed by atoms with E-state index in [2.05, 4.69) is 46.0 Å². The molecule has 1 nitrogen and oxygen atoms in total. The van der Waals surface area contributed by atoms with E-state index in [1.165, 1.54) is 16.3 Å². The van der Waals surface area contributed by atoms with Crippen LogP contribution < -0.4 is 0 Å². The van der Waals surface area contributed by atoms with Crippen LogP contribution in [0.2, 0.25) is 0 Å². The van der Waals surface area contributed by atoms with Gasteiger partial charge in [0.05, 0.1) is 0 Å². The number of aryl methyl sites for hydroxylation is 1. The van der Waals surface area contributed by atoms with Crippen LogP contribution in [-0.2, 0) is 6.42 Å². The molecule has 1 heterocycles. The minimum Gasteiger partial charge on any atom is -0.249 e. The fourth-order valence-corrected chi connectivity index (χ4v) is 1.86. The molecule has 2 heteroatoms. The van der Waals surface area contributed by atoms with E-state index in [9.17, 15) is 0 Å². The monoisotopic (exact) mass is 235 g/mol. The van der Waals surface area contributed by atoms with Crippen LogP contribution in [0, 0.1) is 0 Å². The van der Waals surface area contributed by atoms with Gasteiger partial charge in [-0.15, -0.1) is 0 Å². The van der Waals surface area contributed by atoms with Gasteiger partial charge in [0.2, 0.25) is 0 Å². The number of pyridine rings is 1. The summed E-state index contributed by atoms with van der Waals surface area (Å²) in [6.07, 6.45) is 2.88. The SMILES string of the molecule is CCc1ccc2ccnc(Br)c2c1. The zero-order chi connectivity index (χ0) is 9.26. The van der Waals surface area contributed by atoms with Crippen LogP contribution in [0.1, 0.15) is 12.5 Å². The first-order valence-electron chi connectivity index (χ1n) is 4.34. The molecular formula is C11H10BrN. The number of hydrogen-bond acceptors (Lipinski definition) is 1. The number of hydrogen-bond donors (Lipinski definition) is 0. The number of halogens is 1. The quantitative estimate of drug-likeness (QED) is 0.690. The van der Waals surface area contributed by atoms with Gasteiger partial charge in [-0.25, -0.2) is 4.98 Å². The van der Waals surface area contributed by atoms with Gasteiger partial charge in [-0.1, -0.05) is 19.1 Å². The molecule has 0 fully saturated rings. The molecule has 0 aliphatic heterocycles. The lowest BCUT2D eigenvalue weighted by atomic mass is 10.1. The lowest BCUT2D eigenvalue weighted by molar-refractivity contribution is 1.14. The Balaban J connectivity index is 2.74. The van der Waals surface area contributed by atoms with Gasteiger partial charge in [0.1, 0.15) is 4.60 Å². The fraction of sp³-hybridized carbons (Fsp3) is 0.182. The van der Waals surface area contributed by atoms with E-state index >= 15 is 0 Å². The molecule has 2 aromatic rings. The molecule has 0 amide bonds. The molecule has 0 aliphatic rings. The number of fused-ring (bicyclic) bond motifs is 1. The standard InChI is InChI=1S/C11H10BrN/c1-2-8-3-4-9-5-6-13-11(12)10(9)7-8/h3-7H,2H2,1H3. The van der Waals surface area contributed by atoms with Crippen molar-refractivity contribution in [3.8, 4) is 0 Å². The smallest absolute Gasteiger partial charge is 0.113 e. The van der Waals surface area contributed by atoms with E-state index in [-0.39, 0.29) is 0 Å². The number of aromatic nitrogens is 1. The van der Waals surface area contributed by atoms with E-state index in [0.717, 1.165) is 11.0 Å². The average molecular weight is 236 g/mol. The maximum Gasteiger partial charge on any atom is 0.113 e. The Kier molecular flexibility index (Phi) is 2.32. The Bertz CT molecular complexity index is 437. The summed E-state index contributed by atoms with van der Waals surface area (Å²) < 4.78 is 0.931. The second-order valence-electron chi connectivity index (χ2n) is 3.01. The molecule has 0 N–H and O–H groups in total. The van der Waals surface area contributed by atoms with E-state index in [4.69, 9.17) is 0 Å². The van der Waals surface area contributed by atoms with Gasteiger partial charge in [0.15, 0.2) is 0 Å². The van der Waals surface area contributed by atoms with E-state index in [0.29, 0.717) is 0 Å². The second-order valence-corrected chi connectivity index (χ2v) is 3.76. The zero-order valence-electron chi connectivity index (χ0n) is 7.42. The molecule has 0 bridgehead atoms. The van der Waals surface area contributed by atoms with Crippen molar-refractivity contribution in [3.63, 3.8) is 0 Å². The number of nitrogens with zero attached hydrogens (tertiary/aromatic N) is 1. The van der Waals surface area contributed by atoms with Crippen LogP contribution in [0.4, 0.5) is 0 Å². The Morgan fingerprint density at radius 3 is 2.92 bits per heavy atom. The summed E-state index contributed by atoms with van der Waals surface area (Å²) in [5.74, 6) is 0. The number of rotatable bonds is 1. The van der Waals surface area contributed by atoms with Crippen LogP contribution in [0.5, 0.6) is 0 Å². The Labute approximate surface area is 85.9 Å². The van der Waals surface area contributed by atoms with Crippen LogP contribution in [0.3, 0.4) is 0 Å². The highest BCUT2D eigenvalue weighted by molar-refractivity contribution is 9.10. The van der Waals surface area contributed by atoms with E-state index < -0.39 is 0 Å². The van der Waals surface area contributed by atoms with Crippen molar-refractivity contribution in [1.29, 1.82) is 0 Å². The maximum absolute atomic E-state index is 4.20. The fourth-order valence-electron chi connectivity index (χ4n) is 1.40. The van der Waals surface area contributed by atoms with Gasteiger partial charge in [0, 0.05) is 11.6 Å². The van der Waals surface area contributed by atoms with Crippen molar-refractivity contribution in [1.82, 2.24) is 4.98 Å². The van der Waals surface area contributed by atoms with Gasteiger partial charge >= 0.3 is 0 Å². The highest BCUT2D eigenvalue weighted by Gasteiger charge is 1.99. The largest absolute Gasteiger partial charge is 0.249 e. The van der Waals surface area contributed by atoms with Crippen molar-refractivity contribution >= 4 is 26.7 Å². The minimum absolute atomic E-state index is 0.931. The summed E-state index contributed by atoms with van der Waals surface area (Å²) in [5.41, 5.74) is 1.35. The van der Waals surface area contributed by atoms with Crippen molar-refractivity contribution < 1.29 is 0 Å². The highest BCUT2D eigenvalue weighted by Crippen LogP contribution is 2.22. The molecule has 0 atom stereocenters. The molecular weight excluding hydrogens is 226 g/mol. The summed E-state index contributed by atoms with van der Waals surface area (Å²) >= 11 is 3.45. The predicted molar refractivity (Wildman–Crippen MR) is 58.8 cm³/mol. The molecule has 0 radical (unpaired) electrons. The topological polar surface area (TPSA) is 12.9 Å². The Hall–Kier alpha value is -0.890. The molecule has 2 rings (SSSR count). The molecule has 1 aromatic heterocycles. The van der Waals surface area contributed by atoms with Crippen LogP contribution in [-0.4, -0.2) is 4.98 Å². The van der Waals surface area contributed by atoms with Gasteiger partial charge in [-0.05, 0) is 45.4 Å². The van der Waals surface area contributed by atoms with Gasteiger partial charge in [0.25, 0.3) is 0 Å². The van der Waals surface area contributed by atoms with E-state index in [1.54, 1.807) is 0 Å². The summed E-state index contributed by atoms with van der Waals surface area (Å²) in [6.45, 7) is 2.16. The molecule has 0 aliphatic carbocycles. The normalized spacial score (nSPS) is 10.6. The second kappa shape index (κ2) is 3.46. The van der Waals surface area contributed by atoms with Crippen LogP contribution in [0.25, 0.3) is 10.8 Å². The third-order valence-electron chi connectivity index (χ3n) is 2.19. The highest BCUT2D eigenvalue weighted by atomic mass is 79.9. The van der Waals surface area contributed by atoms with Gasteiger partial charge in [-0.3, -0.25) is 0 Å². The number of benzene rings is 1. The van der Waals surface area contributed by atoms with Crippen molar-refractivity contribution in [2.75, 3.05) is 0 Å². The van der Waals surface area contributed by atoms with E-state index in [1.807, 2.05) is 12.3 Å². The molecule has 0 saturated carbocycles. The third kappa shape index (κ3) is 1.59. The molecule has 1 aromatic carbocycles. The average Bonchev–Trinajstić information content (AvgIpc) is 2.18. The predicted octanol–water partition coefficient (Wildman–Crippen LogP) is 3.56. The first-order valence-corrected chi connectivity index (χ1v) is 5.13. The lowest BCUT2D eigenvalue weighted by Crippen LogP contribution is -1.83. The summed E-state index contributed by atoms with van der Waals surface area (Å²) in [4.78, 5) is 4.20. The van der Waals surface area contributed by atoms with Crippen molar-refractivity contribution in [3.05, 3.63) is 40.6 Å². The van der Waals surface area contributed by atoms with Crippen molar-refractivity contribution in [2.24, 2.45) is 0 Å². The minimum atomic E-state index is 0.931. The molecule has 66 valence electrons. The summed E-state index contributed by atoms with van der Waals surface area (Å²) in [7, 11) is 0. The van der Waals surface area contributed by atoms with Crippen molar-refractivity contribution in [2.45, 2.75) is 13.3 Å². The van der Waals surface area contributed by atoms with Gasteiger partial charge < -0.3 is 0 Å². The maximum atomic E-state index is 4.20. The summed E-state index contributed by atoms with van der Waals surface area (Å²) in [5, 5.41) is 2.43. The Morgan fingerprint density at radius 1 is 1.31 bits per heavy atom. The zero-order valence-corrected chi connectivity index (χ0v) is 9.01. The summed E-state index contributed by atoms with van der Waals surface area (Å²) in [6, 6.07) is 8.52. The first kappa shape index (κ1) is 8.70. The molecule has 0 unspecified atom stereocenters.